The lowest BCUT2D eigenvalue weighted by Crippen LogP contribution is -2.59. The number of amides is 4. The zero-order valence-corrected chi connectivity index (χ0v) is 24.9. The van der Waals surface area contributed by atoms with Gasteiger partial charge in [-0.05, 0) is 86.3 Å². The van der Waals surface area contributed by atoms with Gasteiger partial charge in [-0.25, -0.2) is 4.79 Å². The lowest BCUT2D eigenvalue weighted by atomic mass is 9.91. The maximum atomic E-state index is 14.2. The minimum Gasteiger partial charge on any atom is -0.444 e. The fourth-order valence-corrected chi connectivity index (χ4v) is 4.36. The van der Waals surface area contributed by atoms with Crippen molar-refractivity contribution in [1.29, 1.82) is 0 Å². The van der Waals surface area contributed by atoms with Gasteiger partial charge in [0, 0.05) is 18.0 Å². The normalized spacial score (nSPS) is 14.2. The van der Waals surface area contributed by atoms with E-state index in [1.54, 1.807) is 20.8 Å². The predicted octanol–water partition coefficient (Wildman–Crippen LogP) is 4.44. The zero-order valence-electron chi connectivity index (χ0n) is 24.9. The van der Waals surface area contributed by atoms with Gasteiger partial charge in [-0.15, -0.1) is 0 Å². The van der Waals surface area contributed by atoms with E-state index in [1.165, 1.54) is 4.90 Å². The van der Waals surface area contributed by atoms with Gasteiger partial charge in [0.05, 0.1) is 0 Å². The molecule has 9 heteroatoms. The first kappa shape index (κ1) is 32.9. The fourth-order valence-electron chi connectivity index (χ4n) is 4.36. The van der Waals surface area contributed by atoms with Gasteiger partial charge in [-0.1, -0.05) is 37.1 Å². The molecule has 3 unspecified atom stereocenters. The summed E-state index contributed by atoms with van der Waals surface area (Å²) < 4.78 is 5.38. The number of nitrogens with one attached hydrogen (secondary N) is 2. The van der Waals surface area contributed by atoms with Crippen LogP contribution in [-0.2, 0) is 19.1 Å². The maximum Gasteiger partial charge on any atom is 0.408 e. The molecule has 0 aliphatic carbocycles. The van der Waals surface area contributed by atoms with Crippen LogP contribution in [0.5, 0.6) is 0 Å². The van der Waals surface area contributed by atoms with E-state index >= 15 is 0 Å². The molecule has 0 heterocycles. The third-order valence-electron chi connectivity index (χ3n) is 5.97. The Morgan fingerprint density at radius 1 is 1.00 bits per heavy atom. The highest BCUT2D eigenvalue weighted by Crippen LogP contribution is 2.33. The van der Waals surface area contributed by atoms with Gasteiger partial charge in [0.1, 0.15) is 17.7 Å². The Labute approximate surface area is 228 Å². The summed E-state index contributed by atoms with van der Waals surface area (Å²) in [5.74, 6) is -1.42. The van der Waals surface area contributed by atoms with Gasteiger partial charge in [0.2, 0.25) is 17.7 Å². The van der Waals surface area contributed by atoms with Crippen LogP contribution in [0.3, 0.4) is 0 Å². The Morgan fingerprint density at radius 3 is 2.08 bits per heavy atom. The third kappa shape index (κ3) is 10.3. The summed E-state index contributed by atoms with van der Waals surface area (Å²) >= 11 is 0. The highest BCUT2D eigenvalue weighted by Gasteiger charge is 2.42. The molecule has 1 rings (SSSR count). The third-order valence-corrected chi connectivity index (χ3v) is 5.97. The molecule has 1 aromatic carbocycles. The first-order chi connectivity index (χ1) is 17.4. The maximum absolute atomic E-state index is 14.2. The number of nitrogens with two attached hydrogens (primary N) is 1. The second kappa shape index (κ2) is 13.6. The number of ether oxygens (including phenoxy) is 1. The average Bonchev–Trinajstić information content (AvgIpc) is 2.72. The van der Waals surface area contributed by atoms with E-state index in [1.807, 2.05) is 66.7 Å². The number of aryl methyl sites for hydroxylation is 2. The van der Waals surface area contributed by atoms with Crippen LogP contribution in [0.15, 0.2) is 18.2 Å². The molecule has 1 aromatic rings. The van der Waals surface area contributed by atoms with Gasteiger partial charge in [-0.3, -0.25) is 14.4 Å². The van der Waals surface area contributed by atoms with Gasteiger partial charge in [-0.2, -0.15) is 0 Å². The van der Waals surface area contributed by atoms with E-state index in [0.717, 1.165) is 24.0 Å². The molecule has 4 amide bonds. The van der Waals surface area contributed by atoms with Crippen molar-refractivity contribution in [2.75, 3.05) is 0 Å². The van der Waals surface area contributed by atoms with Crippen LogP contribution >= 0.6 is 0 Å². The van der Waals surface area contributed by atoms with E-state index in [9.17, 15) is 19.2 Å². The molecule has 0 saturated carbocycles. The van der Waals surface area contributed by atoms with E-state index in [2.05, 4.69) is 10.6 Å². The van der Waals surface area contributed by atoms with Crippen molar-refractivity contribution in [3.8, 4) is 0 Å². The van der Waals surface area contributed by atoms with Gasteiger partial charge >= 0.3 is 6.09 Å². The van der Waals surface area contributed by atoms with Crippen molar-refractivity contribution in [2.45, 2.75) is 124 Å². The van der Waals surface area contributed by atoms with Crippen molar-refractivity contribution in [3.05, 3.63) is 34.9 Å². The van der Waals surface area contributed by atoms with E-state index in [4.69, 9.17) is 10.5 Å². The fraction of sp³-hybridized carbons (Fsp3) is 0.655. The molecule has 0 aliphatic rings. The molecule has 0 spiro atoms. The Bertz CT molecular complexity index is 994. The molecule has 0 bridgehead atoms. The summed E-state index contributed by atoms with van der Waals surface area (Å²) in [5, 5.41) is 5.69. The molecule has 0 aliphatic heterocycles. The summed E-state index contributed by atoms with van der Waals surface area (Å²) in [6.45, 7) is 18.5. The molecule has 0 radical (unpaired) electrons. The summed E-state index contributed by atoms with van der Waals surface area (Å²) in [6.07, 6.45) is 0.729. The SMILES string of the molecule is CCCC(C)NC(=O)C(c1ccc(C)cc1C)N(C(=O)C(CCC(N)=O)NC(=O)OC(C)(C)C)C(C)(C)C. The highest BCUT2D eigenvalue weighted by molar-refractivity contribution is 5.93. The number of alkyl carbamates (subject to hydrolysis) is 1. The lowest BCUT2D eigenvalue weighted by Gasteiger charge is -2.43. The Hall–Kier alpha value is -3.10. The van der Waals surface area contributed by atoms with Crippen LogP contribution in [-0.4, -0.2) is 51.9 Å². The largest absolute Gasteiger partial charge is 0.444 e. The Morgan fingerprint density at radius 2 is 1.61 bits per heavy atom. The second-order valence-electron chi connectivity index (χ2n) is 12.0. The Balaban J connectivity index is 3.65. The minimum absolute atomic E-state index is 0.0343. The molecular formula is C29H48N4O5. The molecule has 3 atom stereocenters. The van der Waals surface area contributed by atoms with E-state index < -0.39 is 41.1 Å². The van der Waals surface area contributed by atoms with Gasteiger partial charge < -0.3 is 26.0 Å². The first-order valence-corrected chi connectivity index (χ1v) is 13.4. The van der Waals surface area contributed by atoms with E-state index in [0.29, 0.717) is 5.56 Å². The summed E-state index contributed by atoms with van der Waals surface area (Å²) in [7, 11) is 0. The number of hydrogen-bond acceptors (Lipinski definition) is 5. The quantitative estimate of drug-likeness (QED) is 0.388. The smallest absolute Gasteiger partial charge is 0.408 e. The molecule has 0 saturated heterocycles. The predicted molar refractivity (Wildman–Crippen MR) is 149 cm³/mol. The molecule has 4 N–H and O–H groups in total. The second-order valence-corrected chi connectivity index (χ2v) is 12.0. The summed E-state index contributed by atoms with van der Waals surface area (Å²) in [6, 6.07) is 3.55. The van der Waals surface area contributed by atoms with Crippen LogP contribution in [0.1, 0.15) is 104 Å². The van der Waals surface area contributed by atoms with Crippen molar-refractivity contribution in [3.63, 3.8) is 0 Å². The van der Waals surface area contributed by atoms with Crippen molar-refractivity contribution in [1.82, 2.24) is 15.5 Å². The van der Waals surface area contributed by atoms with Crippen LogP contribution in [0.4, 0.5) is 4.79 Å². The number of benzene rings is 1. The monoisotopic (exact) mass is 532 g/mol. The van der Waals surface area contributed by atoms with Crippen LogP contribution in [0.25, 0.3) is 0 Å². The number of hydrogen-bond donors (Lipinski definition) is 3. The number of carbonyl (C=O) groups is 4. The number of primary amides is 1. The van der Waals surface area contributed by atoms with Crippen LogP contribution in [0.2, 0.25) is 0 Å². The summed E-state index contributed by atoms with van der Waals surface area (Å²) in [5.41, 5.74) is 6.34. The summed E-state index contributed by atoms with van der Waals surface area (Å²) in [4.78, 5) is 53.9. The molecule has 38 heavy (non-hydrogen) atoms. The number of nitrogens with zero attached hydrogens (tertiary/aromatic N) is 1. The zero-order chi connectivity index (χ0) is 29.4. The highest BCUT2D eigenvalue weighted by atomic mass is 16.6. The average molecular weight is 533 g/mol. The number of rotatable bonds is 11. The Kier molecular flexibility index (Phi) is 11.8. The van der Waals surface area contributed by atoms with Gasteiger partial charge in [0.15, 0.2) is 0 Å². The number of carbonyl (C=O) groups excluding carboxylic acids is 4. The molecule has 9 nitrogen and oxygen atoms in total. The topological polar surface area (TPSA) is 131 Å². The van der Waals surface area contributed by atoms with E-state index in [-0.39, 0.29) is 24.8 Å². The van der Waals surface area contributed by atoms with Crippen molar-refractivity contribution in [2.24, 2.45) is 5.73 Å². The molecule has 0 aromatic heterocycles. The van der Waals surface area contributed by atoms with Crippen molar-refractivity contribution < 1.29 is 23.9 Å². The first-order valence-electron chi connectivity index (χ1n) is 13.4. The van der Waals surface area contributed by atoms with Gasteiger partial charge in [0.25, 0.3) is 0 Å². The standard InChI is InChI=1S/C29H48N4O5/c1-11-12-20(4)31-25(35)24(21-14-13-18(2)17-19(21)3)33(28(5,6)7)26(36)22(15-16-23(30)34)32-27(37)38-29(8,9)10/h13-14,17,20,22,24H,11-12,15-16H2,1-10H3,(H2,30,34)(H,31,35)(H,32,37). The molecule has 214 valence electrons. The lowest BCUT2D eigenvalue weighted by molar-refractivity contribution is -0.149. The van der Waals surface area contributed by atoms with Crippen molar-refractivity contribution >= 4 is 23.8 Å². The minimum atomic E-state index is -1.13. The van der Waals surface area contributed by atoms with Crippen LogP contribution < -0.4 is 16.4 Å². The molecule has 0 fully saturated rings. The molecular weight excluding hydrogens is 484 g/mol. The van der Waals surface area contributed by atoms with Crippen LogP contribution in [0, 0.1) is 13.8 Å².